The molecule has 0 saturated carbocycles. The second-order valence-corrected chi connectivity index (χ2v) is 8.00. The Morgan fingerprint density at radius 3 is 2.45 bits per heavy atom. The van der Waals surface area contributed by atoms with E-state index in [2.05, 4.69) is 36.5 Å². The third kappa shape index (κ3) is 5.94. The van der Waals surface area contributed by atoms with Crippen LogP contribution in [0.25, 0.3) is 11.1 Å². The lowest BCUT2D eigenvalue weighted by Crippen LogP contribution is -2.42. The maximum atomic E-state index is 13.3. The molecule has 1 heterocycles. The summed E-state index contributed by atoms with van der Waals surface area (Å²) < 4.78 is 0. The quantitative estimate of drug-likeness (QED) is 0.747. The molecule has 6 nitrogen and oxygen atoms in total. The molecule has 6 heteroatoms. The fourth-order valence-corrected chi connectivity index (χ4v) is 4.09. The number of rotatable bonds is 7. The predicted molar refractivity (Wildman–Crippen MR) is 121 cm³/mol. The topological polar surface area (TPSA) is 69.7 Å². The molecule has 1 atom stereocenters. The van der Waals surface area contributed by atoms with Gasteiger partial charge in [0.2, 0.25) is 17.7 Å². The summed E-state index contributed by atoms with van der Waals surface area (Å²) in [7, 11) is 0. The summed E-state index contributed by atoms with van der Waals surface area (Å²) in [5.41, 5.74) is 3.32. The fourth-order valence-electron chi connectivity index (χ4n) is 4.09. The van der Waals surface area contributed by atoms with Crippen LogP contribution in [0.1, 0.15) is 25.8 Å². The van der Waals surface area contributed by atoms with E-state index in [-0.39, 0.29) is 30.2 Å². The van der Waals surface area contributed by atoms with Crippen LogP contribution >= 0.6 is 0 Å². The number of nitrogens with one attached hydrogen (secondary N) is 1. The van der Waals surface area contributed by atoms with Crippen LogP contribution in [0, 0.1) is 5.92 Å². The van der Waals surface area contributed by atoms with Gasteiger partial charge in [-0.2, -0.15) is 0 Å². The van der Waals surface area contributed by atoms with Crippen molar-refractivity contribution in [2.75, 3.05) is 32.7 Å². The molecule has 1 aliphatic rings. The summed E-state index contributed by atoms with van der Waals surface area (Å²) in [4.78, 5) is 40.9. The van der Waals surface area contributed by atoms with Gasteiger partial charge in [0, 0.05) is 33.1 Å². The van der Waals surface area contributed by atoms with E-state index in [9.17, 15) is 14.4 Å². The van der Waals surface area contributed by atoms with Crippen molar-refractivity contribution < 1.29 is 14.4 Å². The third-order valence-electron chi connectivity index (χ3n) is 5.64. The maximum absolute atomic E-state index is 13.3. The largest absolute Gasteiger partial charge is 0.347 e. The second-order valence-electron chi connectivity index (χ2n) is 8.00. The Balaban J connectivity index is 1.85. The molecular formula is C25H31N3O3. The number of nitrogens with zero attached hydrogens (tertiary/aromatic N) is 2. The van der Waals surface area contributed by atoms with Crippen molar-refractivity contribution in [2.24, 2.45) is 5.92 Å². The first kappa shape index (κ1) is 22.5. The number of hydrogen-bond acceptors (Lipinski definition) is 3. The molecule has 0 aromatic heterocycles. The summed E-state index contributed by atoms with van der Waals surface area (Å²) in [5.74, 6) is -0.609. The summed E-state index contributed by atoms with van der Waals surface area (Å²) in [5, 5.41) is 2.58. The average molecular weight is 422 g/mol. The van der Waals surface area contributed by atoms with E-state index in [1.54, 1.807) is 4.90 Å². The second kappa shape index (κ2) is 10.8. The van der Waals surface area contributed by atoms with Crippen LogP contribution in [-0.4, -0.2) is 60.2 Å². The van der Waals surface area contributed by atoms with Crippen LogP contribution in [0.4, 0.5) is 0 Å². The molecule has 3 rings (SSSR count). The van der Waals surface area contributed by atoms with Crippen molar-refractivity contribution in [3.63, 3.8) is 0 Å². The average Bonchev–Trinajstić information content (AvgIpc) is 2.93. The maximum Gasteiger partial charge on any atom is 0.242 e. The van der Waals surface area contributed by atoms with Crippen LogP contribution in [0.15, 0.2) is 54.6 Å². The van der Waals surface area contributed by atoms with E-state index < -0.39 is 0 Å². The normalized spacial score (nSPS) is 16.7. The molecule has 0 spiro atoms. The van der Waals surface area contributed by atoms with Gasteiger partial charge in [0.05, 0.1) is 12.5 Å². The Morgan fingerprint density at radius 1 is 1.03 bits per heavy atom. The van der Waals surface area contributed by atoms with Crippen LogP contribution < -0.4 is 5.32 Å². The minimum Gasteiger partial charge on any atom is -0.347 e. The van der Waals surface area contributed by atoms with Crippen molar-refractivity contribution in [3.8, 4) is 11.1 Å². The Labute approximate surface area is 184 Å². The highest BCUT2D eigenvalue weighted by atomic mass is 16.2. The molecular weight excluding hydrogens is 390 g/mol. The lowest BCUT2D eigenvalue weighted by Gasteiger charge is -2.25. The summed E-state index contributed by atoms with van der Waals surface area (Å²) >= 11 is 0. The first-order valence-corrected chi connectivity index (χ1v) is 10.9. The minimum absolute atomic E-state index is 0.0371. The van der Waals surface area contributed by atoms with E-state index in [0.29, 0.717) is 32.6 Å². The van der Waals surface area contributed by atoms with Crippen molar-refractivity contribution in [3.05, 3.63) is 60.2 Å². The summed E-state index contributed by atoms with van der Waals surface area (Å²) in [6.07, 6.45) is 1.44. The number of carbonyl (C=O) groups is 3. The molecule has 3 amide bonds. The Kier molecular flexibility index (Phi) is 7.82. The molecule has 1 N–H and O–H groups in total. The molecule has 1 saturated heterocycles. The Bertz CT molecular complexity index is 913. The van der Waals surface area contributed by atoms with Gasteiger partial charge in [-0.1, -0.05) is 61.5 Å². The monoisotopic (exact) mass is 421 g/mol. The number of benzene rings is 2. The molecule has 31 heavy (non-hydrogen) atoms. The zero-order valence-corrected chi connectivity index (χ0v) is 18.3. The molecule has 0 aliphatic carbocycles. The van der Waals surface area contributed by atoms with Gasteiger partial charge in [0.15, 0.2) is 0 Å². The van der Waals surface area contributed by atoms with Crippen LogP contribution in [0.2, 0.25) is 0 Å². The number of carbonyl (C=O) groups excluding carboxylic acids is 3. The predicted octanol–water partition coefficient (Wildman–Crippen LogP) is 2.73. The van der Waals surface area contributed by atoms with E-state index in [0.717, 1.165) is 23.1 Å². The highest BCUT2D eigenvalue weighted by molar-refractivity contribution is 5.85. The van der Waals surface area contributed by atoms with Crippen molar-refractivity contribution in [1.29, 1.82) is 0 Å². The van der Waals surface area contributed by atoms with Crippen LogP contribution in [0.5, 0.6) is 0 Å². The molecule has 164 valence electrons. The molecule has 2 aromatic carbocycles. The highest BCUT2D eigenvalue weighted by Gasteiger charge is 2.32. The fraction of sp³-hybridized carbons (Fsp3) is 0.400. The molecule has 2 aromatic rings. The lowest BCUT2D eigenvalue weighted by atomic mass is 9.91. The zero-order chi connectivity index (χ0) is 22.2. The van der Waals surface area contributed by atoms with Gasteiger partial charge < -0.3 is 15.1 Å². The van der Waals surface area contributed by atoms with Crippen molar-refractivity contribution in [2.45, 2.75) is 26.7 Å². The van der Waals surface area contributed by atoms with E-state index >= 15 is 0 Å². The molecule has 1 aliphatic heterocycles. The Hall–Kier alpha value is -3.15. The van der Waals surface area contributed by atoms with Gasteiger partial charge in [-0.25, -0.2) is 0 Å². The van der Waals surface area contributed by atoms with Gasteiger partial charge in [-0.05, 0) is 29.5 Å². The van der Waals surface area contributed by atoms with Gasteiger partial charge in [-0.15, -0.1) is 0 Å². The van der Waals surface area contributed by atoms with Crippen molar-refractivity contribution in [1.82, 2.24) is 15.1 Å². The van der Waals surface area contributed by atoms with E-state index in [4.69, 9.17) is 0 Å². The smallest absolute Gasteiger partial charge is 0.242 e. The first-order valence-electron chi connectivity index (χ1n) is 10.9. The zero-order valence-electron chi connectivity index (χ0n) is 18.3. The number of amides is 3. The van der Waals surface area contributed by atoms with Gasteiger partial charge in [0.25, 0.3) is 0 Å². The SMILES string of the molecule is CCCN1CCN(C(=O)CNC(C)=O)C[C@H](Cc2ccccc2-c2ccccc2)C1=O. The lowest BCUT2D eigenvalue weighted by molar-refractivity contribution is -0.135. The first-order chi connectivity index (χ1) is 15.0. The van der Waals surface area contributed by atoms with Crippen LogP contribution in [-0.2, 0) is 20.8 Å². The summed E-state index contributed by atoms with van der Waals surface area (Å²) in [6.45, 7) is 5.47. The summed E-state index contributed by atoms with van der Waals surface area (Å²) in [6, 6.07) is 18.3. The molecule has 0 radical (unpaired) electrons. The molecule has 0 bridgehead atoms. The highest BCUT2D eigenvalue weighted by Crippen LogP contribution is 2.27. The van der Waals surface area contributed by atoms with Gasteiger partial charge in [0.1, 0.15) is 0 Å². The Morgan fingerprint density at radius 2 is 1.74 bits per heavy atom. The van der Waals surface area contributed by atoms with E-state index in [1.165, 1.54) is 6.92 Å². The van der Waals surface area contributed by atoms with Gasteiger partial charge in [-0.3, -0.25) is 14.4 Å². The van der Waals surface area contributed by atoms with Crippen molar-refractivity contribution >= 4 is 17.7 Å². The molecule has 0 unspecified atom stereocenters. The minimum atomic E-state index is -0.319. The van der Waals surface area contributed by atoms with Crippen LogP contribution in [0.3, 0.4) is 0 Å². The standard InChI is InChI=1S/C25H31N3O3/c1-3-13-27-14-15-28(24(30)17-26-19(2)29)18-22(25(27)31)16-21-11-7-8-12-23(21)20-9-5-4-6-10-20/h4-12,22H,3,13-18H2,1-2H3,(H,26,29)/t22-/m0/s1. The van der Waals surface area contributed by atoms with E-state index in [1.807, 2.05) is 35.2 Å². The number of hydrogen-bond donors (Lipinski definition) is 1. The molecule has 1 fully saturated rings. The third-order valence-corrected chi connectivity index (χ3v) is 5.64. The van der Waals surface area contributed by atoms with Gasteiger partial charge >= 0.3 is 0 Å².